The van der Waals surface area contributed by atoms with Gasteiger partial charge in [-0.2, -0.15) is 0 Å². The van der Waals surface area contributed by atoms with Crippen molar-refractivity contribution in [3.8, 4) is 0 Å². The molecule has 3 nitrogen and oxygen atoms in total. The minimum atomic E-state index is -0.828. The normalized spacial score (nSPS) is 29.9. The highest BCUT2D eigenvalue weighted by atomic mass is 32.1. The monoisotopic (exact) mass is 265 g/mol. The van der Waals surface area contributed by atoms with E-state index in [1.165, 1.54) is 37.0 Å². The average Bonchev–Trinajstić information content (AvgIpc) is 3.03. The van der Waals surface area contributed by atoms with E-state index in [1.807, 2.05) is 0 Å². The Morgan fingerprint density at radius 2 is 2.33 bits per heavy atom. The smallest absolute Gasteiger partial charge is 0.336 e. The highest BCUT2D eigenvalue weighted by molar-refractivity contribution is 7.10. The lowest BCUT2D eigenvalue weighted by Gasteiger charge is -2.21. The Morgan fingerprint density at radius 3 is 2.94 bits per heavy atom. The van der Waals surface area contributed by atoms with E-state index < -0.39 is 5.97 Å². The summed E-state index contributed by atoms with van der Waals surface area (Å²) >= 11 is 1.53. The first kappa shape index (κ1) is 12.2. The van der Waals surface area contributed by atoms with Crippen LogP contribution in [0.3, 0.4) is 0 Å². The largest absolute Gasteiger partial charge is 0.478 e. The first-order valence-corrected chi connectivity index (χ1v) is 7.61. The van der Waals surface area contributed by atoms with E-state index in [9.17, 15) is 4.79 Å². The van der Waals surface area contributed by atoms with E-state index in [4.69, 9.17) is 5.11 Å². The van der Waals surface area contributed by atoms with Crippen LogP contribution in [0.2, 0.25) is 0 Å². The Morgan fingerprint density at radius 1 is 1.44 bits per heavy atom. The van der Waals surface area contributed by atoms with Gasteiger partial charge in [0, 0.05) is 16.8 Å². The van der Waals surface area contributed by atoms with Crippen LogP contribution in [0.25, 0.3) is 0 Å². The minimum Gasteiger partial charge on any atom is -0.478 e. The van der Waals surface area contributed by atoms with Crippen LogP contribution in [0.15, 0.2) is 11.4 Å². The molecule has 0 radical (unpaired) electrons. The molecular formula is C14H19NO2S. The third-order valence-corrected chi connectivity index (χ3v) is 5.43. The van der Waals surface area contributed by atoms with Crippen LogP contribution >= 0.6 is 11.3 Å². The van der Waals surface area contributed by atoms with Gasteiger partial charge in [0.1, 0.15) is 0 Å². The van der Waals surface area contributed by atoms with Gasteiger partial charge in [0.05, 0.1) is 5.56 Å². The van der Waals surface area contributed by atoms with Crippen LogP contribution < -0.4 is 5.32 Å². The van der Waals surface area contributed by atoms with Gasteiger partial charge in [-0.1, -0.05) is 6.42 Å². The SMILES string of the molecule is O=C(O)c1csc(CNCC2CC3CCC2C3)c1. The van der Waals surface area contributed by atoms with Crippen LogP contribution in [0.4, 0.5) is 0 Å². The number of rotatable bonds is 5. The molecule has 3 atom stereocenters. The van der Waals surface area contributed by atoms with Gasteiger partial charge in [-0.15, -0.1) is 11.3 Å². The molecule has 2 aliphatic rings. The first-order valence-electron chi connectivity index (χ1n) is 6.74. The Labute approximate surface area is 111 Å². The Kier molecular flexibility index (Phi) is 3.39. The first-order chi connectivity index (χ1) is 8.72. The number of carboxylic acids is 1. The second-order valence-electron chi connectivity index (χ2n) is 5.67. The molecule has 2 bridgehead atoms. The van der Waals surface area contributed by atoms with Gasteiger partial charge in [0.15, 0.2) is 0 Å². The summed E-state index contributed by atoms with van der Waals surface area (Å²) in [4.78, 5) is 11.9. The van der Waals surface area contributed by atoms with Crippen molar-refractivity contribution in [1.29, 1.82) is 0 Å². The van der Waals surface area contributed by atoms with Gasteiger partial charge >= 0.3 is 5.97 Å². The van der Waals surface area contributed by atoms with Crippen molar-refractivity contribution in [2.24, 2.45) is 17.8 Å². The van der Waals surface area contributed by atoms with E-state index in [2.05, 4.69) is 5.32 Å². The third kappa shape index (κ3) is 2.45. The highest BCUT2D eigenvalue weighted by Gasteiger charge is 2.38. The maximum atomic E-state index is 10.8. The molecule has 2 N–H and O–H groups in total. The standard InChI is InChI=1S/C14H19NO2S/c16-14(17)12-5-13(18-8-12)7-15-6-11-4-9-1-2-10(11)3-9/h5,8-11,15H,1-4,6-7H2,(H,16,17). The molecule has 2 aliphatic carbocycles. The van der Waals surface area contributed by atoms with Crippen LogP contribution in [0, 0.1) is 17.8 Å². The van der Waals surface area contributed by atoms with Crippen LogP contribution in [0.1, 0.15) is 40.9 Å². The van der Waals surface area contributed by atoms with Crippen molar-refractivity contribution in [2.75, 3.05) is 6.54 Å². The second kappa shape index (κ2) is 5.02. The second-order valence-corrected chi connectivity index (χ2v) is 6.67. The van der Waals surface area contributed by atoms with Gasteiger partial charge in [-0.3, -0.25) is 0 Å². The molecule has 0 aromatic carbocycles. The quantitative estimate of drug-likeness (QED) is 0.860. The number of nitrogens with one attached hydrogen (secondary N) is 1. The molecular weight excluding hydrogens is 246 g/mol. The van der Waals surface area contributed by atoms with Gasteiger partial charge in [0.25, 0.3) is 0 Å². The highest BCUT2D eigenvalue weighted by Crippen LogP contribution is 2.47. The number of carbonyl (C=O) groups is 1. The van der Waals surface area contributed by atoms with Crippen LogP contribution in [0.5, 0.6) is 0 Å². The fourth-order valence-electron chi connectivity index (χ4n) is 3.59. The predicted octanol–water partition coefficient (Wildman–Crippen LogP) is 2.97. The molecule has 4 heteroatoms. The molecule has 1 aromatic heterocycles. The number of hydrogen-bond donors (Lipinski definition) is 2. The molecule has 2 saturated carbocycles. The van der Waals surface area contributed by atoms with Crippen molar-refractivity contribution < 1.29 is 9.90 Å². The van der Waals surface area contributed by atoms with Gasteiger partial charge < -0.3 is 10.4 Å². The molecule has 2 fully saturated rings. The summed E-state index contributed by atoms with van der Waals surface area (Å²) in [5.41, 5.74) is 0.414. The van der Waals surface area contributed by atoms with E-state index in [0.29, 0.717) is 5.56 Å². The summed E-state index contributed by atoms with van der Waals surface area (Å²) in [6.45, 7) is 1.91. The van der Waals surface area contributed by atoms with Crippen molar-refractivity contribution in [2.45, 2.75) is 32.2 Å². The summed E-state index contributed by atoms with van der Waals surface area (Å²) < 4.78 is 0. The molecule has 0 saturated heterocycles. The zero-order valence-corrected chi connectivity index (χ0v) is 11.2. The summed E-state index contributed by atoms with van der Waals surface area (Å²) in [5, 5.41) is 14.1. The Balaban J connectivity index is 1.45. The zero-order chi connectivity index (χ0) is 12.5. The molecule has 98 valence electrons. The minimum absolute atomic E-state index is 0.414. The summed E-state index contributed by atoms with van der Waals surface area (Å²) in [5.74, 6) is 2.00. The fourth-order valence-corrected chi connectivity index (χ4v) is 4.42. The Bertz CT molecular complexity index is 443. The van der Waals surface area contributed by atoms with Gasteiger partial charge in [-0.25, -0.2) is 4.79 Å². The number of hydrogen-bond acceptors (Lipinski definition) is 3. The van der Waals surface area contributed by atoms with Crippen LogP contribution in [-0.4, -0.2) is 17.6 Å². The molecule has 1 heterocycles. The lowest BCUT2D eigenvalue weighted by atomic mass is 9.89. The third-order valence-electron chi connectivity index (χ3n) is 4.49. The summed E-state index contributed by atoms with van der Waals surface area (Å²) in [7, 11) is 0. The Hall–Kier alpha value is -0.870. The number of thiophene rings is 1. The fraction of sp³-hybridized carbons (Fsp3) is 0.643. The maximum Gasteiger partial charge on any atom is 0.336 e. The lowest BCUT2D eigenvalue weighted by molar-refractivity contribution is 0.0697. The van der Waals surface area contributed by atoms with E-state index in [1.54, 1.807) is 11.4 Å². The number of carboxylic acid groups (broad SMARTS) is 1. The van der Waals surface area contributed by atoms with Crippen molar-refractivity contribution >= 4 is 17.3 Å². The van der Waals surface area contributed by atoms with Crippen LogP contribution in [-0.2, 0) is 6.54 Å². The number of fused-ring (bicyclic) bond motifs is 2. The van der Waals surface area contributed by atoms with Gasteiger partial charge in [0.2, 0.25) is 0 Å². The topological polar surface area (TPSA) is 49.3 Å². The molecule has 1 aromatic rings. The molecule has 3 unspecified atom stereocenters. The molecule has 18 heavy (non-hydrogen) atoms. The molecule has 0 spiro atoms. The van der Waals surface area contributed by atoms with Crippen molar-refractivity contribution in [3.63, 3.8) is 0 Å². The maximum absolute atomic E-state index is 10.8. The van der Waals surface area contributed by atoms with E-state index in [0.717, 1.165) is 35.7 Å². The molecule has 0 amide bonds. The lowest BCUT2D eigenvalue weighted by Crippen LogP contribution is -2.25. The summed E-state index contributed by atoms with van der Waals surface area (Å²) in [6.07, 6.45) is 5.74. The van der Waals surface area contributed by atoms with E-state index in [-0.39, 0.29) is 0 Å². The number of aromatic carboxylic acids is 1. The zero-order valence-electron chi connectivity index (χ0n) is 10.4. The molecule has 3 rings (SSSR count). The summed E-state index contributed by atoms with van der Waals surface area (Å²) in [6, 6.07) is 1.78. The average molecular weight is 265 g/mol. The molecule has 0 aliphatic heterocycles. The van der Waals surface area contributed by atoms with Crippen molar-refractivity contribution in [3.05, 3.63) is 21.9 Å². The van der Waals surface area contributed by atoms with Crippen molar-refractivity contribution in [1.82, 2.24) is 5.32 Å². The predicted molar refractivity (Wildman–Crippen MR) is 71.9 cm³/mol. The van der Waals surface area contributed by atoms with E-state index >= 15 is 0 Å². The van der Waals surface area contributed by atoms with Gasteiger partial charge in [-0.05, 0) is 49.6 Å².